The number of nitrogens with one attached hydrogen (secondary N) is 1. The maximum absolute atomic E-state index is 9.78. The summed E-state index contributed by atoms with van der Waals surface area (Å²) < 4.78 is 5.11. The average molecular weight is 238 g/mol. The Morgan fingerprint density at radius 3 is 3.12 bits per heavy atom. The van der Waals surface area contributed by atoms with Gasteiger partial charge in [0, 0.05) is 18.0 Å². The summed E-state index contributed by atoms with van der Waals surface area (Å²) in [5, 5.41) is 15.0. The molecule has 4 nitrogen and oxygen atoms in total. The van der Waals surface area contributed by atoms with Crippen LogP contribution in [0.25, 0.3) is 0 Å². The molecule has 2 aromatic heterocycles. The zero-order chi connectivity index (χ0) is 11.4. The third-order valence-corrected chi connectivity index (χ3v) is 2.99. The summed E-state index contributed by atoms with van der Waals surface area (Å²) in [6.07, 6.45) is 0.943. The lowest BCUT2D eigenvalue weighted by Crippen LogP contribution is -2.24. The molecule has 2 N–H and O–H groups in total. The molecule has 0 amide bonds. The predicted molar refractivity (Wildman–Crippen MR) is 62.2 cm³/mol. The van der Waals surface area contributed by atoms with Crippen molar-refractivity contribution in [2.75, 3.05) is 6.54 Å². The van der Waals surface area contributed by atoms with Gasteiger partial charge in [0.05, 0.1) is 17.5 Å². The summed E-state index contributed by atoms with van der Waals surface area (Å²) in [5.41, 5.74) is 2.80. The predicted octanol–water partition coefficient (Wildman–Crippen LogP) is 2.12. The summed E-state index contributed by atoms with van der Waals surface area (Å²) in [7, 11) is 0. The van der Waals surface area contributed by atoms with Gasteiger partial charge in [-0.05, 0) is 19.1 Å². The highest BCUT2D eigenvalue weighted by Gasteiger charge is 2.13. The van der Waals surface area contributed by atoms with Crippen LogP contribution in [0.2, 0.25) is 0 Å². The minimum Gasteiger partial charge on any atom is -0.467 e. The summed E-state index contributed by atoms with van der Waals surface area (Å²) in [5.74, 6) is 0.581. The Hall–Kier alpha value is -1.17. The fraction of sp³-hybridized carbons (Fsp3) is 0.364. The maximum Gasteiger partial charge on any atom is 0.133 e. The van der Waals surface area contributed by atoms with E-state index < -0.39 is 6.10 Å². The number of aliphatic hydroxyl groups is 1. The summed E-state index contributed by atoms with van der Waals surface area (Å²) in [4.78, 5) is 4.21. The van der Waals surface area contributed by atoms with Gasteiger partial charge in [0.25, 0.3) is 0 Å². The second-order valence-electron chi connectivity index (χ2n) is 3.57. The van der Waals surface area contributed by atoms with Gasteiger partial charge >= 0.3 is 0 Å². The SMILES string of the molecule is CC(NCC(O)c1ccco1)c1cscn1. The molecule has 5 heteroatoms. The third-order valence-electron chi connectivity index (χ3n) is 2.38. The molecule has 0 aliphatic rings. The molecule has 86 valence electrons. The van der Waals surface area contributed by atoms with E-state index in [0.717, 1.165) is 5.69 Å². The minimum absolute atomic E-state index is 0.135. The van der Waals surface area contributed by atoms with Crippen LogP contribution < -0.4 is 5.32 Å². The van der Waals surface area contributed by atoms with Gasteiger partial charge in [-0.2, -0.15) is 0 Å². The molecule has 0 saturated heterocycles. The summed E-state index contributed by atoms with van der Waals surface area (Å²) >= 11 is 1.57. The molecule has 0 fully saturated rings. The summed E-state index contributed by atoms with van der Waals surface area (Å²) in [6, 6.07) is 3.67. The lowest BCUT2D eigenvalue weighted by atomic mass is 10.2. The van der Waals surface area contributed by atoms with E-state index in [0.29, 0.717) is 12.3 Å². The van der Waals surface area contributed by atoms with Gasteiger partial charge in [0.1, 0.15) is 11.9 Å². The molecule has 0 aromatic carbocycles. The molecule has 16 heavy (non-hydrogen) atoms. The molecule has 0 aliphatic carbocycles. The van der Waals surface area contributed by atoms with Gasteiger partial charge in [-0.3, -0.25) is 0 Å². The van der Waals surface area contributed by atoms with E-state index in [2.05, 4.69) is 10.3 Å². The molecule has 0 spiro atoms. The number of rotatable bonds is 5. The van der Waals surface area contributed by atoms with Crippen molar-refractivity contribution >= 4 is 11.3 Å². The molecule has 2 rings (SSSR count). The quantitative estimate of drug-likeness (QED) is 0.837. The van der Waals surface area contributed by atoms with Crippen LogP contribution in [0.1, 0.15) is 30.5 Å². The van der Waals surface area contributed by atoms with Gasteiger partial charge in [-0.15, -0.1) is 11.3 Å². The fourth-order valence-corrected chi connectivity index (χ4v) is 2.06. The zero-order valence-corrected chi connectivity index (χ0v) is 9.78. The number of furan rings is 1. The van der Waals surface area contributed by atoms with Crippen LogP contribution in [0, 0.1) is 0 Å². The van der Waals surface area contributed by atoms with E-state index in [1.165, 1.54) is 0 Å². The van der Waals surface area contributed by atoms with Gasteiger partial charge < -0.3 is 14.8 Å². The van der Waals surface area contributed by atoms with Gasteiger partial charge in [0.15, 0.2) is 0 Å². The van der Waals surface area contributed by atoms with E-state index in [9.17, 15) is 5.11 Å². The van der Waals surface area contributed by atoms with Crippen molar-refractivity contribution in [2.24, 2.45) is 0 Å². The Balaban J connectivity index is 1.84. The number of thiazole rings is 1. The standard InChI is InChI=1S/C11H14N2O2S/c1-8(9-6-16-7-13-9)12-5-10(14)11-3-2-4-15-11/h2-4,6-8,10,12,14H,5H2,1H3. The van der Waals surface area contributed by atoms with Crippen LogP contribution in [-0.4, -0.2) is 16.6 Å². The summed E-state index contributed by atoms with van der Waals surface area (Å²) in [6.45, 7) is 2.47. The van der Waals surface area contributed by atoms with Crippen LogP contribution in [0.5, 0.6) is 0 Å². The van der Waals surface area contributed by atoms with Gasteiger partial charge in [-0.25, -0.2) is 4.98 Å². The first-order valence-corrected chi connectivity index (χ1v) is 6.04. The van der Waals surface area contributed by atoms with Crippen LogP contribution in [0.3, 0.4) is 0 Å². The number of aliphatic hydroxyl groups excluding tert-OH is 1. The monoisotopic (exact) mass is 238 g/mol. The topological polar surface area (TPSA) is 58.3 Å². The first-order chi connectivity index (χ1) is 7.77. The molecule has 2 aromatic rings. The van der Waals surface area contributed by atoms with E-state index in [4.69, 9.17) is 4.42 Å². The van der Waals surface area contributed by atoms with Crippen molar-refractivity contribution in [3.05, 3.63) is 40.7 Å². The Kier molecular flexibility index (Phi) is 3.71. The second-order valence-corrected chi connectivity index (χ2v) is 4.29. The molecule has 0 saturated carbocycles. The van der Waals surface area contributed by atoms with Crippen LogP contribution in [-0.2, 0) is 0 Å². The van der Waals surface area contributed by atoms with E-state index in [-0.39, 0.29) is 6.04 Å². The number of hydrogen-bond donors (Lipinski definition) is 2. The van der Waals surface area contributed by atoms with Crippen LogP contribution in [0.15, 0.2) is 33.7 Å². The van der Waals surface area contributed by atoms with E-state index >= 15 is 0 Å². The van der Waals surface area contributed by atoms with Crippen LogP contribution in [0.4, 0.5) is 0 Å². The minimum atomic E-state index is -0.615. The Morgan fingerprint density at radius 1 is 1.62 bits per heavy atom. The molecule has 0 aliphatic heterocycles. The fourth-order valence-electron chi connectivity index (χ4n) is 1.41. The van der Waals surface area contributed by atoms with E-state index in [1.807, 2.05) is 12.3 Å². The smallest absolute Gasteiger partial charge is 0.133 e. The largest absolute Gasteiger partial charge is 0.467 e. The van der Waals surface area contributed by atoms with Crippen molar-refractivity contribution in [1.82, 2.24) is 10.3 Å². The highest BCUT2D eigenvalue weighted by atomic mass is 32.1. The van der Waals surface area contributed by atoms with Gasteiger partial charge in [-0.1, -0.05) is 0 Å². The lowest BCUT2D eigenvalue weighted by Gasteiger charge is -2.14. The molecule has 0 radical (unpaired) electrons. The van der Waals surface area contributed by atoms with Crippen LogP contribution >= 0.6 is 11.3 Å². The number of aromatic nitrogens is 1. The molecular weight excluding hydrogens is 224 g/mol. The van der Waals surface area contributed by atoms with Crippen molar-refractivity contribution < 1.29 is 9.52 Å². The molecule has 2 atom stereocenters. The normalized spacial score (nSPS) is 14.9. The van der Waals surface area contributed by atoms with Crippen molar-refractivity contribution in [2.45, 2.75) is 19.1 Å². The Morgan fingerprint density at radius 2 is 2.50 bits per heavy atom. The number of hydrogen-bond acceptors (Lipinski definition) is 5. The molecular formula is C11H14N2O2S. The maximum atomic E-state index is 9.78. The molecule has 2 heterocycles. The highest BCUT2D eigenvalue weighted by Crippen LogP contribution is 2.15. The highest BCUT2D eigenvalue weighted by molar-refractivity contribution is 7.07. The molecule has 2 unspecified atom stereocenters. The van der Waals surface area contributed by atoms with Crippen molar-refractivity contribution in [3.8, 4) is 0 Å². The van der Waals surface area contributed by atoms with E-state index in [1.54, 1.807) is 35.2 Å². The first-order valence-electron chi connectivity index (χ1n) is 5.10. The third kappa shape index (κ3) is 2.69. The van der Waals surface area contributed by atoms with Gasteiger partial charge in [0.2, 0.25) is 0 Å². The van der Waals surface area contributed by atoms with Crippen molar-refractivity contribution in [3.63, 3.8) is 0 Å². The average Bonchev–Trinajstić information content (AvgIpc) is 2.95. The number of nitrogens with zero attached hydrogens (tertiary/aromatic N) is 1. The zero-order valence-electron chi connectivity index (χ0n) is 8.96. The van der Waals surface area contributed by atoms with Crippen molar-refractivity contribution in [1.29, 1.82) is 0 Å². The Bertz CT molecular complexity index is 359. The Labute approximate surface area is 97.9 Å². The molecule has 0 bridgehead atoms. The lowest BCUT2D eigenvalue weighted by molar-refractivity contribution is 0.144. The second kappa shape index (κ2) is 5.25. The first kappa shape index (κ1) is 11.3.